The Balaban J connectivity index is 1.83. The second-order valence-corrected chi connectivity index (χ2v) is 6.71. The second kappa shape index (κ2) is 6.91. The van der Waals surface area contributed by atoms with Gasteiger partial charge in [0.05, 0.1) is 13.1 Å². The summed E-state index contributed by atoms with van der Waals surface area (Å²) in [5.74, 6) is -0.337. The van der Waals surface area contributed by atoms with Gasteiger partial charge in [0.2, 0.25) is 5.91 Å². The number of nitrogens with one attached hydrogen (secondary N) is 1. The highest BCUT2D eigenvalue weighted by Gasteiger charge is 2.18. The highest BCUT2D eigenvalue weighted by atomic mass is 79.9. The Morgan fingerprint density at radius 3 is 2.67 bits per heavy atom. The minimum absolute atomic E-state index is 0.0124. The molecule has 2 aromatic heterocycles. The van der Waals surface area contributed by atoms with E-state index in [1.807, 2.05) is 19.1 Å². The Morgan fingerprint density at radius 2 is 2.10 bits per heavy atom. The summed E-state index contributed by atoms with van der Waals surface area (Å²) in [6.45, 7) is 2.48. The summed E-state index contributed by atoms with van der Waals surface area (Å²) in [6, 6.07) is 7.20. The molecule has 0 aliphatic carbocycles. The standard InChI is InChI=1S/C14H15BrN2O3S/c1-9-3-4-10(21-9)7-16-13(18)8-17(2)14(19)11-5-6-12(15)20-11/h3-6H,7-8H2,1-2H3,(H,16,18). The molecule has 2 rings (SSSR count). The molecule has 0 aliphatic heterocycles. The topological polar surface area (TPSA) is 62.6 Å². The van der Waals surface area contributed by atoms with Crippen LogP contribution in [-0.4, -0.2) is 30.3 Å². The Morgan fingerprint density at radius 1 is 1.33 bits per heavy atom. The molecule has 0 saturated heterocycles. The number of carbonyl (C=O) groups is 2. The van der Waals surface area contributed by atoms with E-state index in [9.17, 15) is 9.59 Å². The van der Waals surface area contributed by atoms with Crippen molar-refractivity contribution in [1.29, 1.82) is 0 Å². The molecule has 0 unspecified atom stereocenters. The van der Waals surface area contributed by atoms with Crippen LogP contribution in [0.1, 0.15) is 20.3 Å². The molecule has 1 N–H and O–H groups in total. The smallest absolute Gasteiger partial charge is 0.289 e. The van der Waals surface area contributed by atoms with Crippen molar-refractivity contribution >= 4 is 39.1 Å². The van der Waals surface area contributed by atoms with Crippen LogP contribution in [0.3, 0.4) is 0 Å². The molecule has 2 amide bonds. The maximum Gasteiger partial charge on any atom is 0.289 e. The summed E-state index contributed by atoms with van der Waals surface area (Å²) in [7, 11) is 1.56. The quantitative estimate of drug-likeness (QED) is 0.879. The molecule has 0 radical (unpaired) electrons. The maximum absolute atomic E-state index is 12.0. The number of carbonyl (C=O) groups excluding carboxylic acids is 2. The third-order valence-corrected chi connectivity index (χ3v) is 4.19. The number of aryl methyl sites for hydroxylation is 1. The van der Waals surface area contributed by atoms with Crippen LogP contribution >= 0.6 is 27.3 Å². The number of rotatable bonds is 5. The first-order chi connectivity index (χ1) is 9.95. The number of hydrogen-bond acceptors (Lipinski definition) is 4. The zero-order valence-electron chi connectivity index (χ0n) is 11.7. The number of hydrogen-bond donors (Lipinski definition) is 1. The summed E-state index contributed by atoms with van der Waals surface area (Å²) in [6.07, 6.45) is 0. The van der Waals surface area contributed by atoms with Gasteiger partial charge in [0.15, 0.2) is 10.4 Å². The minimum Gasteiger partial charge on any atom is -0.444 e. The van der Waals surface area contributed by atoms with Crippen molar-refractivity contribution < 1.29 is 14.0 Å². The number of nitrogens with zero attached hydrogens (tertiary/aromatic N) is 1. The molecular formula is C14H15BrN2O3S. The van der Waals surface area contributed by atoms with Crippen LogP contribution in [0.2, 0.25) is 0 Å². The summed E-state index contributed by atoms with van der Waals surface area (Å²) < 4.78 is 5.66. The van der Waals surface area contributed by atoms with E-state index in [1.165, 1.54) is 9.78 Å². The molecule has 112 valence electrons. The lowest BCUT2D eigenvalue weighted by Gasteiger charge is -2.15. The zero-order valence-corrected chi connectivity index (χ0v) is 14.1. The van der Waals surface area contributed by atoms with Crippen molar-refractivity contribution in [2.24, 2.45) is 0 Å². The Labute approximate surface area is 135 Å². The van der Waals surface area contributed by atoms with Crippen molar-refractivity contribution in [2.45, 2.75) is 13.5 Å². The number of thiophene rings is 1. The van der Waals surface area contributed by atoms with Crippen LogP contribution in [0.25, 0.3) is 0 Å². The molecule has 0 aliphatic rings. The first kappa shape index (κ1) is 15.8. The van der Waals surface area contributed by atoms with Gasteiger partial charge < -0.3 is 14.6 Å². The molecule has 0 bridgehead atoms. The lowest BCUT2D eigenvalue weighted by atomic mass is 10.3. The molecule has 21 heavy (non-hydrogen) atoms. The maximum atomic E-state index is 12.0. The van der Waals surface area contributed by atoms with E-state index in [-0.39, 0.29) is 24.1 Å². The van der Waals surface area contributed by atoms with Gasteiger partial charge in [-0.25, -0.2) is 0 Å². The van der Waals surface area contributed by atoms with E-state index >= 15 is 0 Å². The van der Waals surface area contributed by atoms with Crippen LogP contribution in [0, 0.1) is 6.92 Å². The van der Waals surface area contributed by atoms with E-state index in [4.69, 9.17) is 4.42 Å². The SMILES string of the molecule is Cc1ccc(CNC(=O)CN(C)C(=O)c2ccc(Br)o2)s1. The van der Waals surface area contributed by atoms with Crippen LogP contribution in [0.4, 0.5) is 0 Å². The molecule has 2 heterocycles. The van der Waals surface area contributed by atoms with Crippen LogP contribution in [0.5, 0.6) is 0 Å². The number of likely N-dealkylation sites (N-methyl/N-ethyl adjacent to an activating group) is 1. The van der Waals surface area contributed by atoms with Crippen molar-refractivity contribution in [3.05, 3.63) is 44.4 Å². The first-order valence-corrected chi connectivity index (χ1v) is 7.89. The Kier molecular flexibility index (Phi) is 5.19. The summed E-state index contributed by atoms with van der Waals surface area (Å²) >= 11 is 4.78. The van der Waals surface area contributed by atoms with Crippen molar-refractivity contribution in [3.63, 3.8) is 0 Å². The highest BCUT2D eigenvalue weighted by molar-refractivity contribution is 9.10. The van der Waals surface area contributed by atoms with Gasteiger partial charge in [-0.15, -0.1) is 11.3 Å². The molecule has 2 aromatic rings. The van der Waals surface area contributed by atoms with Crippen molar-refractivity contribution in [3.8, 4) is 0 Å². The van der Waals surface area contributed by atoms with Crippen LogP contribution in [0.15, 0.2) is 33.4 Å². The van der Waals surface area contributed by atoms with Gasteiger partial charge in [0, 0.05) is 16.8 Å². The largest absolute Gasteiger partial charge is 0.444 e. The third-order valence-electron chi connectivity index (χ3n) is 2.77. The van der Waals surface area contributed by atoms with E-state index < -0.39 is 0 Å². The number of halogens is 1. The Hall–Kier alpha value is -1.60. The van der Waals surface area contributed by atoms with Gasteiger partial charge in [0.1, 0.15) is 0 Å². The van der Waals surface area contributed by atoms with Crippen molar-refractivity contribution in [1.82, 2.24) is 10.2 Å². The average molecular weight is 371 g/mol. The zero-order chi connectivity index (χ0) is 15.4. The first-order valence-electron chi connectivity index (χ1n) is 6.28. The third kappa shape index (κ3) is 4.44. The molecule has 0 saturated carbocycles. The normalized spacial score (nSPS) is 10.4. The minimum atomic E-state index is -0.331. The molecular weight excluding hydrogens is 356 g/mol. The molecule has 0 atom stereocenters. The fraction of sp³-hybridized carbons (Fsp3) is 0.286. The van der Waals surface area contributed by atoms with Gasteiger partial charge in [-0.1, -0.05) is 0 Å². The van der Waals surface area contributed by atoms with Gasteiger partial charge >= 0.3 is 0 Å². The van der Waals surface area contributed by atoms with Gasteiger partial charge in [-0.3, -0.25) is 9.59 Å². The van der Waals surface area contributed by atoms with Gasteiger partial charge in [-0.05, 0) is 47.1 Å². The van der Waals surface area contributed by atoms with Crippen LogP contribution < -0.4 is 5.32 Å². The fourth-order valence-corrected chi connectivity index (χ4v) is 2.86. The second-order valence-electron chi connectivity index (χ2n) is 4.55. The highest BCUT2D eigenvalue weighted by Crippen LogP contribution is 2.16. The predicted octanol–water partition coefficient (Wildman–Crippen LogP) is 2.80. The molecule has 5 nitrogen and oxygen atoms in total. The summed E-state index contributed by atoms with van der Waals surface area (Å²) in [5, 5.41) is 2.79. The fourth-order valence-electron chi connectivity index (χ4n) is 1.73. The van der Waals surface area contributed by atoms with Gasteiger partial charge in [0.25, 0.3) is 5.91 Å². The number of furan rings is 1. The van der Waals surface area contributed by atoms with E-state index in [2.05, 4.69) is 21.2 Å². The lowest BCUT2D eigenvalue weighted by Crippen LogP contribution is -2.37. The number of amides is 2. The van der Waals surface area contributed by atoms with E-state index in [0.717, 1.165) is 4.88 Å². The molecule has 0 aromatic carbocycles. The predicted molar refractivity (Wildman–Crippen MR) is 84.3 cm³/mol. The van der Waals surface area contributed by atoms with E-state index in [1.54, 1.807) is 30.5 Å². The lowest BCUT2D eigenvalue weighted by molar-refractivity contribution is -0.121. The monoisotopic (exact) mass is 370 g/mol. The van der Waals surface area contributed by atoms with Crippen molar-refractivity contribution in [2.75, 3.05) is 13.6 Å². The summed E-state index contributed by atoms with van der Waals surface area (Å²) in [5.41, 5.74) is 0. The van der Waals surface area contributed by atoms with Crippen LogP contribution in [-0.2, 0) is 11.3 Å². The van der Waals surface area contributed by atoms with Gasteiger partial charge in [-0.2, -0.15) is 0 Å². The Bertz CT molecular complexity index is 650. The molecule has 7 heteroatoms. The van der Waals surface area contributed by atoms with E-state index in [0.29, 0.717) is 11.2 Å². The summed E-state index contributed by atoms with van der Waals surface area (Å²) in [4.78, 5) is 27.4. The molecule has 0 spiro atoms. The average Bonchev–Trinajstić information content (AvgIpc) is 3.04. The molecule has 0 fully saturated rings.